The Kier molecular flexibility index (Phi) is 4.69. The summed E-state index contributed by atoms with van der Waals surface area (Å²) in [5.41, 5.74) is 1.24. The van der Waals surface area contributed by atoms with E-state index in [-0.39, 0.29) is 18.2 Å². The standard InChI is InChI=1S/C15H19N5O4/c21-13(16-4-6-19-7-5-17-14(19)22)18-11-2-1-3-12(10-11)20-8-9-24-15(20)23/h1-3,10H,4-9H2,(H,17,22)(H2,16,18,21). The molecule has 0 unspecified atom stereocenters. The van der Waals surface area contributed by atoms with Gasteiger partial charge in [0.05, 0.1) is 6.54 Å². The van der Waals surface area contributed by atoms with Crippen LogP contribution in [0.2, 0.25) is 0 Å². The highest BCUT2D eigenvalue weighted by atomic mass is 16.6. The number of urea groups is 2. The Morgan fingerprint density at radius 3 is 2.88 bits per heavy atom. The molecular formula is C15H19N5O4. The Balaban J connectivity index is 1.49. The molecule has 2 saturated heterocycles. The maximum absolute atomic E-state index is 11.9. The van der Waals surface area contributed by atoms with Crippen LogP contribution in [0.25, 0.3) is 0 Å². The molecule has 0 aliphatic carbocycles. The molecule has 2 aliphatic heterocycles. The first-order chi connectivity index (χ1) is 11.6. The van der Waals surface area contributed by atoms with Crippen molar-refractivity contribution in [2.24, 2.45) is 0 Å². The van der Waals surface area contributed by atoms with Crippen LogP contribution >= 0.6 is 0 Å². The van der Waals surface area contributed by atoms with E-state index in [1.54, 1.807) is 29.2 Å². The molecule has 24 heavy (non-hydrogen) atoms. The van der Waals surface area contributed by atoms with E-state index in [0.717, 1.165) is 0 Å². The van der Waals surface area contributed by atoms with Gasteiger partial charge in [-0.15, -0.1) is 0 Å². The summed E-state index contributed by atoms with van der Waals surface area (Å²) in [4.78, 5) is 38.0. The van der Waals surface area contributed by atoms with E-state index >= 15 is 0 Å². The number of amides is 5. The van der Waals surface area contributed by atoms with E-state index in [4.69, 9.17) is 4.74 Å². The number of benzene rings is 1. The van der Waals surface area contributed by atoms with Gasteiger partial charge in [-0.2, -0.15) is 0 Å². The number of carbonyl (C=O) groups excluding carboxylic acids is 3. The molecular weight excluding hydrogens is 314 g/mol. The molecule has 0 spiro atoms. The number of anilines is 2. The third kappa shape index (κ3) is 3.67. The van der Waals surface area contributed by atoms with Gasteiger partial charge in [0.2, 0.25) is 0 Å². The first-order valence-electron chi connectivity index (χ1n) is 7.75. The molecule has 1 aromatic rings. The maximum atomic E-state index is 11.9. The fourth-order valence-electron chi connectivity index (χ4n) is 2.58. The lowest BCUT2D eigenvalue weighted by Crippen LogP contribution is -2.38. The van der Waals surface area contributed by atoms with Crippen LogP contribution in [0, 0.1) is 0 Å². The van der Waals surface area contributed by atoms with E-state index in [1.165, 1.54) is 4.90 Å². The summed E-state index contributed by atoms with van der Waals surface area (Å²) in [7, 11) is 0. The largest absolute Gasteiger partial charge is 0.447 e. The van der Waals surface area contributed by atoms with Crippen LogP contribution in [0.1, 0.15) is 0 Å². The molecule has 0 atom stereocenters. The van der Waals surface area contributed by atoms with Crippen molar-refractivity contribution < 1.29 is 19.1 Å². The van der Waals surface area contributed by atoms with E-state index in [1.807, 2.05) is 0 Å². The van der Waals surface area contributed by atoms with Gasteiger partial charge in [0, 0.05) is 37.6 Å². The molecule has 2 fully saturated rings. The molecule has 5 amide bonds. The Morgan fingerprint density at radius 1 is 1.29 bits per heavy atom. The number of hydrogen-bond donors (Lipinski definition) is 3. The van der Waals surface area contributed by atoms with Crippen molar-refractivity contribution in [3.8, 4) is 0 Å². The zero-order valence-corrected chi connectivity index (χ0v) is 13.1. The fraction of sp³-hybridized carbons (Fsp3) is 0.400. The van der Waals surface area contributed by atoms with Crippen LogP contribution in [-0.2, 0) is 4.74 Å². The number of ether oxygens (including phenoxy) is 1. The normalized spacial score (nSPS) is 16.8. The second kappa shape index (κ2) is 7.07. The zero-order chi connectivity index (χ0) is 16.9. The number of cyclic esters (lactones) is 1. The summed E-state index contributed by atoms with van der Waals surface area (Å²) in [5, 5.41) is 8.11. The molecule has 0 bridgehead atoms. The molecule has 2 heterocycles. The fourth-order valence-corrected chi connectivity index (χ4v) is 2.58. The lowest BCUT2D eigenvalue weighted by atomic mass is 10.2. The first kappa shape index (κ1) is 15.9. The molecule has 0 saturated carbocycles. The predicted octanol–water partition coefficient (Wildman–Crippen LogP) is 0.790. The molecule has 0 aromatic heterocycles. The summed E-state index contributed by atoms with van der Waals surface area (Å²) in [6.07, 6.45) is -0.388. The first-order valence-corrected chi connectivity index (χ1v) is 7.75. The van der Waals surface area contributed by atoms with E-state index < -0.39 is 0 Å². The second-order valence-corrected chi connectivity index (χ2v) is 5.42. The van der Waals surface area contributed by atoms with Crippen molar-refractivity contribution >= 4 is 29.5 Å². The number of nitrogens with one attached hydrogen (secondary N) is 3. The predicted molar refractivity (Wildman–Crippen MR) is 87.1 cm³/mol. The van der Waals surface area contributed by atoms with Gasteiger partial charge in [-0.05, 0) is 18.2 Å². The van der Waals surface area contributed by atoms with Crippen LogP contribution in [0.3, 0.4) is 0 Å². The quantitative estimate of drug-likeness (QED) is 0.741. The highest BCUT2D eigenvalue weighted by molar-refractivity contribution is 5.93. The van der Waals surface area contributed by atoms with Crippen molar-refractivity contribution in [2.45, 2.75) is 0 Å². The SMILES string of the molecule is O=C(NCCN1CCNC1=O)Nc1cccc(N2CCOC2=O)c1. The van der Waals surface area contributed by atoms with Gasteiger partial charge in [0.1, 0.15) is 6.61 Å². The third-order valence-electron chi connectivity index (χ3n) is 3.79. The summed E-state index contributed by atoms with van der Waals surface area (Å²) < 4.78 is 4.90. The Labute approximate surface area is 138 Å². The second-order valence-electron chi connectivity index (χ2n) is 5.42. The van der Waals surface area contributed by atoms with E-state index in [9.17, 15) is 14.4 Å². The van der Waals surface area contributed by atoms with E-state index in [2.05, 4.69) is 16.0 Å². The summed E-state index contributed by atoms with van der Waals surface area (Å²) >= 11 is 0. The van der Waals surface area contributed by atoms with Crippen LogP contribution < -0.4 is 20.9 Å². The molecule has 3 rings (SSSR count). The molecule has 3 N–H and O–H groups in total. The average molecular weight is 333 g/mol. The Bertz CT molecular complexity index is 651. The van der Waals surface area contributed by atoms with Crippen LogP contribution in [0.5, 0.6) is 0 Å². The number of carbonyl (C=O) groups is 3. The highest BCUT2D eigenvalue weighted by Gasteiger charge is 2.23. The number of nitrogens with zero attached hydrogens (tertiary/aromatic N) is 2. The lowest BCUT2D eigenvalue weighted by Gasteiger charge is -2.16. The minimum atomic E-state index is -0.388. The minimum absolute atomic E-state index is 0.109. The molecule has 0 radical (unpaired) electrons. The highest BCUT2D eigenvalue weighted by Crippen LogP contribution is 2.22. The average Bonchev–Trinajstić information content (AvgIpc) is 3.16. The minimum Gasteiger partial charge on any atom is -0.447 e. The zero-order valence-electron chi connectivity index (χ0n) is 13.1. The Morgan fingerprint density at radius 2 is 2.17 bits per heavy atom. The van der Waals surface area contributed by atoms with Crippen LogP contribution in [-0.4, -0.2) is 62.4 Å². The lowest BCUT2D eigenvalue weighted by molar-refractivity contribution is 0.181. The maximum Gasteiger partial charge on any atom is 0.414 e. The van der Waals surface area contributed by atoms with Crippen LogP contribution in [0.4, 0.5) is 25.8 Å². The molecule has 9 nitrogen and oxygen atoms in total. The summed E-state index contributed by atoms with van der Waals surface area (Å²) in [5.74, 6) is 0. The summed E-state index contributed by atoms with van der Waals surface area (Å²) in [6, 6.07) is 6.50. The number of rotatable bonds is 5. The van der Waals surface area contributed by atoms with Crippen molar-refractivity contribution in [1.29, 1.82) is 0 Å². The van der Waals surface area contributed by atoms with E-state index in [0.29, 0.717) is 50.7 Å². The van der Waals surface area contributed by atoms with Crippen molar-refractivity contribution in [2.75, 3.05) is 49.5 Å². The van der Waals surface area contributed by atoms with Crippen molar-refractivity contribution in [1.82, 2.24) is 15.5 Å². The molecule has 2 aliphatic rings. The van der Waals surface area contributed by atoms with Crippen molar-refractivity contribution in [3.63, 3.8) is 0 Å². The van der Waals surface area contributed by atoms with Gasteiger partial charge in [-0.25, -0.2) is 14.4 Å². The topological polar surface area (TPSA) is 103 Å². The molecule has 128 valence electrons. The van der Waals surface area contributed by atoms with Gasteiger partial charge >= 0.3 is 18.2 Å². The summed E-state index contributed by atoms with van der Waals surface area (Å²) in [6.45, 7) is 2.95. The molecule has 9 heteroatoms. The van der Waals surface area contributed by atoms with Gasteiger partial charge in [-0.1, -0.05) is 6.07 Å². The smallest absolute Gasteiger partial charge is 0.414 e. The molecule has 1 aromatic carbocycles. The Hall–Kier alpha value is -2.97. The van der Waals surface area contributed by atoms with Gasteiger partial charge in [0.15, 0.2) is 0 Å². The monoisotopic (exact) mass is 333 g/mol. The van der Waals surface area contributed by atoms with Crippen molar-refractivity contribution in [3.05, 3.63) is 24.3 Å². The van der Waals surface area contributed by atoms with Gasteiger partial charge < -0.3 is 25.6 Å². The third-order valence-corrected chi connectivity index (χ3v) is 3.79. The van der Waals surface area contributed by atoms with Gasteiger partial charge in [0.25, 0.3) is 0 Å². The van der Waals surface area contributed by atoms with Gasteiger partial charge in [-0.3, -0.25) is 4.90 Å². The number of hydrogen-bond acceptors (Lipinski definition) is 4. The van der Waals surface area contributed by atoms with Crippen LogP contribution in [0.15, 0.2) is 24.3 Å².